The number of nitrogens with zero attached hydrogens (tertiary/aromatic N) is 1. The Morgan fingerprint density at radius 1 is 1.71 bits per heavy atom. The SMILES string of the molecule is CCCC(COC)N1CC(N)CC1=O. The first-order valence-corrected chi connectivity index (χ1v) is 5.23. The standard InChI is InChI=1S/C10H20N2O2/c1-3-4-9(7-14-2)12-6-8(11)5-10(12)13/h8-9H,3-7,11H2,1-2H3. The lowest BCUT2D eigenvalue weighted by molar-refractivity contribution is -0.130. The maximum atomic E-state index is 11.6. The van der Waals surface area contributed by atoms with Crippen LogP contribution in [-0.4, -0.2) is 43.2 Å². The van der Waals surface area contributed by atoms with E-state index in [4.69, 9.17) is 10.5 Å². The van der Waals surface area contributed by atoms with Gasteiger partial charge in [-0.1, -0.05) is 13.3 Å². The molecule has 1 aliphatic rings. The monoisotopic (exact) mass is 200 g/mol. The van der Waals surface area contributed by atoms with Gasteiger partial charge in [-0.25, -0.2) is 0 Å². The fourth-order valence-corrected chi connectivity index (χ4v) is 1.97. The molecule has 82 valence electrons. The van der Waals surface area contributed by atoms with E-state index in [-0.39, 0.29) is 18.0 Å². The van der Waals surface area contributed by atoms with E-state index in [0.29, 0.717) is 19.6 Å². The molecule has 0 aromatic carbocycles. The number of nitrogens with two attached hydrogens (primary N) is 1. The summed E-state index contributed by atoms with van der Waals surface area (Å²) in [6, 6.07) is 0.227. The van der Waals surface area contributed by atoms with Crippen molar-refractivity contribution in [2.24, 2.45) is 5.73 Å². The van der Waals surface area contributed by atoms with Gasteiger partial charge in [-0.3, -0.25) is 4.79 Å². The van der Waals surface area contributed by atoms with Gasteiger partial charge in [0.25, 0.3) is 0 Å². The van der Waals surface area contributed by atoms with E-state index in [1.165, 1.54) is 0 Å². The van der Waals surface area contributed by atoms with Crippen molar-refractivity contribution in [1.82, 2.24) is 4.90 Å². The molecular formula is C10H20N2O2. The van der Waals surface area contributed by atoms with Gasteiger partial charge >= 0.3 is 0 Å². The van der Waals surface area contributed by atoms with E-state index in [1.54, 1.807) is 7.11 Å². The Kier molecular flexibility index (Phi) is 4.35. The van der Waals surface area contributed by atoms with Gasteiger partial charge in [-0.05, 0) is 6.42 Å². The summed E-state index contributed by atoms with van der Waals surface area (Å²) in [4.78, 5) is 13.4. The molecule has 0 aromatic rings. The number of likely N-dealkylation sites (tertiary alicyclic amines) is 1. The Bertz CT molecular complexity index is 191. The molecule has 1 saturated heterocycles. The molecule has 2 atom stereocenters. The van der Waals surface area contributed by atoms with Crippen molar-refractivity contribution >= 4 is 5.91 Å². The molecule has 1 heterocycles. The van der Waals surface area contributed by atoms with Gasteiger partial charge in [0.1, 0.15) is 0 Å². The summed E-state index contributed by atoms with van der Waals surface area (Å²) in [6.45, 7) is 3.42. The molecule has 1 amide bonds. The highest BCUT2D eigenvalue weighted by atomic mass is 16.5. The second-order valence-corrected chi connectivity index (χ2v) is 3.91. The predicted octanol–water partition coefficient (Wildman–Crippen LogP) is 0.361. The van der Waals surface area contributed by atoms with Gasteiger partial charge < -0.3 is 15.4 Å². The number of hydrogen-bond acceptors (Lipinski definition) is 3. The number of rotatable bonds is 5. The van der Waals surface area contributed by atoms with Crippen LogP contribution in [0.5, 0.6) is 0 Å². The lowest BCUT2D eigenvalue weighted by Crippen LogP contribution is -2.40. The third-order valence-electron chi connectivity index (χ3n) is 2.61. The Balaban J connectivity index is 2.53. The zero-order valence-corrected chi connectivity index (χ0v) is 9.03. The van der Waals surface area contributed by atoms with E-state index in [9.17, 15) is 4.79 Å². The fourth-order valence-electron chi connectivity index (χ4n) is 1.97. The molecule has 0 saturated carbocycles. The van der Waals surface area contributed by atoms with Crippen LogP contribution >= 0.6 is 0 Å². The van der Waals surface area contributed by atoms with Crippen LogP contribution < -0.4 is 5.73 Å². The average molecular weight is 200 g/mol. The minimum absolute atomic E-state index is 0.0127. The number of carbonyl (C=O) groups excluding carboxylic acids is 1. The first kappa shape index (κ1) is 11.5. The predicted molar refractivity (Wildman–Crippen MR) is 54.9 cm³/mol. The molecule has 14 heavy (non-hydrogen) atoms. The smallest absolute Gasteiger partial charge is 0.224 e. The Morgan fingerprint density at radius 2 is 2.43 bits per heavy atom. The molecule has 0 bridgehead atoms. The van der Waals surface area contributed by atoms with Gasteiger partial charge in [0.15, 0.2) is 0 Å². The highest BCUT2D eigenvalue weighted by molar-refractivity contribution is 5.79. The Morgan fingerprint density at radius 3 is 2.86 bits per heavy atom. The van der Waals surface area contributed by atoms with Crippen LogP contribution in [0.25, 0.3) is 0 Å². The van der Waals surface area contributed by atoms with E-state index in [1.807, 2.05) is 4.90 Å². The second kappa shape index (κ2) is 5.32. The summed E-state index contributed by atoms with van der Waals surface area (Å²) >= 11 is 0. The lowest BCUT2D eigenvalue weighted by atomic mass is 10.1. The van der Waals surface area contributed by atoms with Crippen LogP contribution in [0, 0.1) is 0 Å². The summed E-state index contributed by atoms with van der Waals surface area (Å²) in [5.74, 6) is 0.174. The van der Waals surface area contributed by atoms with Crippen molar-refractivity contribution in [2.45, 2.75) is 38.3 Å². The first-order valence-electron chi connectivity index (χ1n) is 5.23. The number of hydrogen-bond donors (Lipinski definition) is 1. The summed E-state index contributed by atoms with van der Waals surface area (Å²) in [5, 5.41) is 0. The molecule has 1 rings (SSSR count). The van der Waals surface area contributed by atoms with Crippen molar-refractivity contribution in [1.29, 1.82) is 0 Å². The molecule has 4 nitrogen and oxygen atoms in total. The minimum atomic E-state index is 0.0127. The topological polar surface area (TPSA) is 55.6 Å². The third-order valence-corrected chi connectivity index (χ3v) is 2.61. The minimum Gasteiger partial charge on any atom is -0.383 e. The van der Waals surface area contributed by atoms with Crippen LogP contribution in [0.1, 0.15) is 26.2 Å². The molecule has 0 aromatic heterocycles. The maximum absolute atomic E-state index is 11.6. The Labute approximate surface area is 85.4 Å². The number of ether oxygens (including phenoxy) is 1. The van der Waals surface area contributed by atoms with Crippen molar-refractivity contribution < 1.29 is 9.53 Å². The number of carbonyl (C=O) groups is 1. The van der Waals surface area contributed by atoms with Gasteiger partial charge in [0.05, 0.1) is 12.6 Å². The molecule has 2 N–H and O–H groups in total. The van der Waals surface area contributed by atoms with Crippen LogP contribution in [0.15, 0.2) is 0 Å². The van der Waals surface area contributed by atoms with E-state index in [0.717, 1.165) is 12.8 Å². The zero-order chi connectivity index (χ0) is 10.6. The summed E-state index contributed by atoms with van der Waals surface area (Å²) in [7, 11) is 1.67. The van der Waals surface area contributed by atoms with Crippen LogP contribution in [0.3, 0.4) is 0 Å². The second-order valence-electron chi connectivity index (χ2n) is 3.91. The fraction of sp³-hybridized carbons (Fsp3) is 0.900. The van der Waals surface area contributed by atoms with Gasteiger partial charge in [-0.2, -0.15) is 0 Å². The van der Waals surface area contributed by atoms with Crippen LogP contribution in [0.4, 0.5) is 0 Å². The van der Waals surface area contributed by atoms with Crippen molar-refractivity contribution in [2.75, 3.05) is 20.3 Å². The maximum Gasteiger partial charge on any atom is 0.224 e. The molecule has 0 radical (unpaired) electrons. The van der Waals surface area contributed by atoms with Gasteiger partial charge in [0, 0.05) is 26.1 Å². The average Bonchev–Trinajstić information content (AvgIpc) is 2.45. The van der Waals surface area contributed by atoms with E-state index >= 15 is 0 Å². The molecule has 1 fully saturated rings. The molecule has 0 aliphatic carbocycles. The number of methoxy groups -OCH3 is 1. The Hall–Kier alpha value is -0.610. The lowest BCUT2D eigenvalue weighted by Gasteiger charge is -2.27. The quantitative estimate of drug-likeness (QED) is 0.697. The normalized spacial score (nSPS) is 24.4. The summed E-state index contributed by atoms with van der Waals surface area (Å²) in [6.07, 6.45) is 2.54. The third kappa shape index (κ3) is 2.69. The molecule has 0 spiro atoms. The van der Waals surface area contributed by atoms with E-state index in [2.05, 4.69) is 6.92 Å². The summed E-state index contributed by atoms with van der Waals surface area (Å²) in [5.41, 5.74) is 5.74. The molecule has 1 aliphatic heterocycles. The highest BCUT2D eigenvalue weighted by Crippen LogP contribution is 2.16. The van der Waals surface area contributed by atoms with Crippen LogP contribution in [0.2, 0.25) is 0 Å². The first-order chi connectivity index (χ1) is 6.69. The number of amides is 1. The highest BCUT2D eigenvalue weighted by Gasteiger charge is 2.31. The van der Waals surface area contributed by atoms with Gasteiger partial charge in [-0.15, -0.1) is 0 Å². The van der Waals surface area contributed by atoms with Gasteiger partial charge in [0.2, 0.25) is 5.91 Å². The largest absolute Gasteiger partial charge is 0.383 e. The van der Waals surface area contributed by atoms with Crippen molar-refractivity contribution in [3.63, 3.8) is 0 Å². The van der Waals surface area contributed by atoms with E-state index < -0.39 is 0 Å². The summed E-state index contributed by atoms with van der Waals surface area (Å²) < 4.78 is 5.12. The van der Waals surface area contributed by atoms with Crippen LogP contribution in [-0.2, 0) is 9.53 Å². The zero-order valence-electron chi connectivity index (χ0n) is 9.03. The van der Waals surface area contributed by atoms with Crippen molar-refractivity contribution in [3.05, 3.63) is 0 Å². The molecule has 2 unspecified atom stereocenters. The molecule has 4 heteroatoms. The van der Waals surface area contributed by atoms with Crippen molar-refractivity contribution in [3.8, 4) is 0 Å². The molecular weight excluding hydrogens is 180 g/mol.